The minimum Gasteiger partial charge on any atom is -0.504 e. The molecule has 5 heteroatoms. The zero-order chi connectivity index (χ0) is 10.3. The second-order valence-corrected chi connectivity index (χ2v) is 3.74. The Morgan fingerprint density at radius 1 is 1.43 bits per heavy atom. The fraction of sp³-hybridized carbons (Fsp3) is 0. The number of rotatable bonds is 1. The number of thiophene rings is 1. The summed E-state index contributed by atoms with van der Waals surface area (Å²) in [5.41, 5.74) is 0.0330. The lowest BCUT2D eigenvalue weighted by Gasteiger charge is -1.94. The molecule has 0 saturated carbocycles. The van der Waals surface area contributed by atoms with E-state index in [9.17, 15) is 14.3 Å². The minimum absolute atomic E-state index is 0.0330. The predicted molar refractivity (Wildman–Crippen MR) is 50.4 cm³/mol. The molecular weight excluding hydrogens is 207 g/mol. The summed E-state index contributed by atoms with van der Waals surface area (Å²) in [7, 11) is 0. The van der Waals surface area contributed by atoms with Gasteiger partial charge >= 0.3 is 5.97 Å². The van der Waals surface area contributed by atoms with E-state index < -0.39 is 16.8 Å². The van der Waals surface area contributed by atoms with Gasteiger partial charge in [-0.1, -0.05) is 0 Å². The zero-order valence-electron chi connectivity index (χ0n) is 6.82. The van der Waals surface area contributed by atoms with Crippen LogP contribution in [0.25, 0.3) is 10.1 Å². The Bertz CT molecular complexity index is 518. The molecular formula is C9H5FO3S. The molecule has 0 amide bonds. The third kappa shape index (κ3) is 1.22. The van der Waals surface area contributed by atoms with Crippen LogP contribution in [0.2, 0.25) is 0 Å². The molecule has 0 radical (unpaired) electrons. The fourth-order valence-electron chi connectivity index (χ4n) is 1.19. The molecule has 14 heavy (non-hydrogen) atoms. The molecule has 1 aromatic carbocycles. The van der Waals surface area contributed by atoms with Gasteiger partial charge in [-0.15, -0.1) is 11.3 Å². The number of carbonyl (C=O) groups is 1. The molecule has 0 spiro atoms. The Balaban J connectivity index is 2.76. The summed E-state index contributed by atoms with van der Waals surface area (Å²) < 4.78 is 13.4. The fourth-order valence-corrected chi connectivity index (χ4v) is 1.99. The molecule has 0 saturated heterocycles. The number of carboxylic acids is 1. The summed E-state index contributed by atoms with van der Waals surface area (Å²) in [6, 6.07) is 4.11. The van der Waals surface area contributed by atoms with Crippen LogP contribution in [0.4, 0.5) is 4.39 Å². The van der Waals surface area contributed by atoms with E-state index in [1.165, 1.54) is 18.2 Å². The second-order valence-electron chi connectivity index (χ2n) is 2.74. The second kappa shape index (κ2) is 2.95. The molecule has 0 fully saturated rings. The molecule has 0 bridgehead atoms. The molecule has 0 atom stereocenters. The van der Waals surface area contributed by atoms with Crippen molar-refractivity contribution in [1.82, 2.24) is 0 Å². The molecule has 1 heterocycles. The Morgan fingerprint density at radius 2 is 2.14 bits per heavy atom. The Morgan fingerprint density at radius 3 is 2.79 bits per heavy atom. The molecule has 0 aliphatic carbocycles. The van der Waals surface area contributed by atoms with E-state index in [1.807, 2.05) is 0 Å². The van der Waals surface area contributed by atoms with Crippen LogP contribution in [-0.2, 0) is 0 Å². The van der Waals surface area contributed by atoms with Crippen molar-refractivity contribution in [2.45, 2.75) is 0 Å². The molecule has 2 N–H and O–H groups in total. The van der Waals surface area contributed by atoms with E-state index in [2.05, 4.69) is 0 Å². The van der Waals surface area contributed by atoms with Gasteiger partial charge in [-0.25, -0.2) is 4.79 Å². The van der Waals surface area contributed by atoms with Crippen molar-refractivity contribution < 1.29 is 19.4 Å². The highest BCUT2D eigenvalue weighted by atomic mass is 32.1. The molecule has 0 unspecified atom stereocenters. The van der Waals surface area contributed by atoms with Gasteiger partial charge in [0.25, 0.3) is 0 Å². The van der Waals surface area contributed by atoms with Crippen molar-refractivity contribution >= 4 is 27.4 Å². The number of hydrogen-bond acceptors (Lipinski definition) is 3. The van der Waals surface area contributed by atoms with E-state index >= 15 is 0 Å². The van der Waals surface area contributed by atoms with Gasteiger partial charge in [-0.3, -0.25) is 0 Å². The van der Waals surface area contributed by atoms with Crippen LogP contribution >= 0.6 is 11.3 Å². The van der Waals surface area contributed by atoms with Crippen molar-refractivity contribution in [3.8, 4) is 5.75 Å². The van der Waals surface area contributed by atoms with Crippen LogP contribution in [0, 0.1) is 5.13 Å². The molecule has 2 rings (SSSR count). The molecule has 0 aliphatic rings. The van der Waals surface area contributed by atoms with Crippen LogP contribution in [0.3, 0.4) is 0 Å². The average Bonchev–Trinajstić information content (AvgIpc) is 2.43. The zero-order valence-corrected chi connectivity index (χ0v) is 7.64. The van der Waals surface area contributed by atoms with Crippen LogP contribution in [0.5, 0.6) is 5.75 Å². The lowest BCUT2D eigenvalue weighted by molar-refractivity contribution is 0.0697. The SMILES string of the molecule is O=C(O)c1ccc2sc(F)c(O)c2c1. The van der Waals surface area contributed by atoms with Crippen molar-refractivity contribution in [2.75, 3.05) is 0 Å². The van der Waals surface area contributed by atoms with E-state index in [1.54, 1.807) is 0 Å². The number of halogens is 1. The third-order valence-corrected chi connectivity index (χ3v) is 2.82. The van der Waals surface area contributed by atoms with Crippen LogP contribution in [-0.4, -0.2) is 16.2 Å². The smallest absolute Gasteiger partial charge is 0.335 e. The molecule has 2 aromatic rings. The number of carboxylic acid groups (broad SMARTS) is 1. The van der Waals surface area contributed by atoms with Crippen molar-refractivity contribution in [3.63, 3.8) is 0 Å². The van der Waals surface area contributed by atoms with Gasteiger partial charge < -0.3 is 10.2 Å². The van der Waals surface area contributed by atoms with E-state index in [0.29, 0.717) is 4.70 Å². The first-order valence-corrected chi connectivity index (χ1v) is 4.55. The van der Waals surface area contributed by atoms with Gasteiger partial charge in [-0.2, -0.15) is 4.39 Å². The van der Waals surface area contributed by atoms with Gasteiger partial charge in [0.2, 0.25) is 5.13 Å². The minimum atomic E-state index is -1.10. The predicted octanol–water partition coefficient (Wildman–Crippen LogP) is 2.44. The number of fused-ring (bicyclic) bond motifs is 1. The molecule has 72 valence electrons. The summed E-state index contributed by atoms with van der Waals surface area (Å²) in [5, 5.41) is 17.5. The number of benzene rings is 1. The molecule has 0 aliphatic heterocycles. The normalized spacial score (nSPS) is 10.6. The topological polar surface area (TPSA) is 57.5 Å². The highest BCUT2D eigenvalue weighted by molar-refractivity contribution is 7.17. The van der Waals surface area contributed by atoms with Crippen molar-refractivity contribution in [3.05, 3.63) is 28.9 Å². The Hall–Kier alpha value is -1.62. The number of aromatic carboxylic acids is 1. The van der Waals surface area contributed by atoms with Crippen LogP contribution in [0.1, 0.15) is 10.4 Å². The first kappa shape index (κ1) is 8.96. The molecule has 3 nitrogen and oxygen atoms in total. The number of aromatic hydroxyl groups is 1. The van der Waals surface area contributed by atoms with Crippen molar-refractivity contribution in [1.29, 1.82) is 0 Å². The van der Waals surface area contributed by atoms with E-state index in [-0.39, 0.29) is 10.9 Å². The van der Waals surface area contributed by atoms with Crippen LogP contribution in [0.15, 0.2) is 18.2 Å². The first-order valence-electron chi connectivity index (χ1n) is 3.74. The van der Waals surface area contributed by atoms with Crippen LogP contribution < -0.4 is 0 Å². The maximum Gasteiger partial charge on any atom is 0.335 e. The maximum atomic E-state index is 12.9. The highest BCUT2D eigenvalue weighted by Gasteiger charge is 2.12. The quantitative estimate of drug-likeness (QED) is 0.763. The monoisotopic (exact) mass is 212 g/mol. The summed E-state index contributed by atoms with van der Waals surface area (Å²) in [5.74, 6) is -1.58. The largest absolute Gasteiger partial charge is 0.504 e. The summed E-state index contributed by atoms with van der Waals surface area (Å²) >= 11 is 0.790. The van der Waals surface area contributed by atoms with E-state index in [4.69, 9.17) is 5.11 Å². The van der Waals surface area contributed by atoms with Gasteiger partial charge in [0.1, 0.15) is 0 Å². The lowest BCUT2D eigenvalue weighted by atomic mass is 10.1. The average molecular weight is 212 g/mol. The summed E-state index contributed by atoms with van der Waals surface area (Å²) in [6.07, 6.45) is 0. The summed E-state index contributed by atoms with van der Waals surface area (Å²) in [4.78, 5) is 10.6. The van der Waals surface area contributed by atoms with Gasteiger partial charge in [-0.05, 0) is 18.2 Å². The van der Waals surface area contributed by atoms with E-state index in [0.717, 1.165) is 11.3 Å². The standard InChI is InChI=1S/C9H5FO3S/c10-8-7(11)5-3-4(9(12)13)1-2-6(5)14-8/h1-3,11H,(H,12,13). The number of hydrogen-bond donors (Lipinski definition) is 2. The Labute approximate surface area is 82.0 Å². The van der Waals surface area contributed by atoms with Gasteiger partial charge in [0.15, 0.2) is 5.75 Å². The maximum absolute atomic E-state index is 12.9. The van der Waals surface area contributed by atoms with Gasteiger partial charge in [0, 0.05) is 10.1 Å². The summed E-state index contributed by atoms with van der Waals surface area (Å²) in [6.45, 7) is 0. The van der Waals surface area contributed by atoms with Crippen molar-refractivity contribution in [2.24, 2.45) is 0 Å². The van der Waals surface area contributed by atoms with Gasteiger partial charge in [0.05, 0.1) is 5.56 Å². The highest BCUT2D eigenvalue weighted by Crippen LogP contribution is 2.35. The third-order valence-electron chi connectivity index (χ3n) is 1.87. The Kier molecular flexibility index (Phi) is 1.89. The molecule has 1 aromatic heterocycles. The first-order chi connectivity index (χ1) is 6.59. The lowest BCUT2D eigenvalue weighted by Crippen LogP contribution is -1.94.